The molecule has 1 unspecified atom stereocenters. The van der Waals surface area contributed by atoms with Crippen LogP contribution in [0.3, 0.4) is 0 Å². The molecule has 0 bridgehead atoms. The van der Waals surface area contributed by atoms with Gasteiger partial charge in [-0.05, 0) is 32.9 Å². The molecule has 1 atom stereocenters. The standard InChI is InChI=1S/C14H16N4O3/c1-7-8(2)17-12(18-13(7)19)10-4-5-11(15-6-10)16-9(3)14(20)21/h4-6,9H,1-3H3,(H,15,16)(H,20,21)(H,17,18,19). The summed E-state index contributed by atoms with van der Waals surface area (Å²) in [6.07, 6.45) is 1.53. The summed E-state index contributed by atoms with van der Waals surface area (Å²) in [5, 5.41) is 11.6. The third-order valence-corrected chi connectivity index (χ3v) is 3.17. The van der Waals surface area contributed by atoms with Crippen molar-refractivity contribution in [2.45, 2.75) is 26.8 Å². The van der Waals surface area contributed by atoms with Crippen LogP contribution in [0.15, 0.2) is 23.1 Å². The molecular formula is C14H16N4O3. The Morgan fingerprint density at radius 1 is 1.38 bits per heavy atom. The molecule has 0 amide bonds. The first-order chi connectivity index (χ1) is 9.88. The van der Waals surface area contributed by atoms with E-state index in [-0.39, 0.29) is 5.56 Å². The Labute approximate surface area is 121 Å². The van der Waals surface area contributed by atoms with E-state index in [1.165, 1.54) is 13.1 Å². The Kier molecular flexibility index (Phi) is 4.02. The number of nitrogens with zero attached hydrogens (tertiary/aromatic N) is 2. The second-order valence-electron chi connectivity index (χ2n) is 4.76. The molecule has 2 rings (SSSR count). The Balaban J connectivity index is 2.27. The van der Waals surface area contributed by atoms with Crippen LogP contribution in [0.5, 0.6) is 0 Å². The van der Waals surface area contributed by atoms with E-state index in [1.54, 1.807) is 26.0 Å². The zero-order chi connectivity index (χ0) is 15.6. The Hall–Kier alpha value is -2.70. The monoisotopic (exact) mass is 288 g/mol. The lowest BCUT2D eigenvalue weighted by Crippen LogP contribution is -2.25. The molecule has 2 aromatic heterocycles. The number of nitrogens with one attached hydrogen (secondary N) is 2. The van der Waals surface area contributed by atoms with Crippen LogP contribution in [-0.4, -0.2) is 32.1 Å². The molecule has 7 nitrogen and oxygen atoms in total. The highest BCUT2D eigenvalue weighted by molar-refractivity contribution is 5.76. The maximum absolute atomic E-state index is 11.7. The maximum Gasteiger partial charge on any atom is 0.325 e. The van der Waals surface area contributed by atoms with Crippen LogP contribution >= 0.6 is 0 Å². The van der Waals surface area contributed by atoms with Gasteiger partial charge < -0.3 is 15.4 Å². The molecule has 0 radical (unpaired) electrons. The summed E-state index contributed by atoms with van der Waals surface area (Å²) < 4.78 is 0. The zero-order valence-electron chi connectivity index (χ0n) is 12.0. The van der Waals surface area contributed by atoms with Crippen LogP contribution in [0.1, 0.15) is 18.2 Å². The number of hydrogen-bond donors (Lipinski definition) is 3. The second-order valence-corrected chi connectivity index (χ2v) is 4.76. The van der Waals surface area contributed by atoms with E-state index in [9.17, 15) is 9.59 Å². The SMILES string of the molecule is Cc1nc(-c2ccc(NC(C)C(=O)O)nc2)[nH]c(=O)c1C. The van der Waals surface area contributed by atoms with Crippen molar-refractivity contribution >= 4 is 11.8 Å². The number of aliphatic carboxylic acids is 1. The van der Waals surface area contributed by atoms with Crippen molar-refractivity contribution in [1.29, 1.82) is 0 Å². The van der Waals surface area contributed by atoms with E-state index < -0.39 is 12.0 Å². The summed E-state index contributed by atoms with van der Waals surface area (Å²) in [7, 11) is 0. The lowest BCUT2D eigenvalue weighted by molar-refractivity contribution is -0.137. The maximum atomic E-state index is 11.7. The molecule has 0 saturated heterocycles. The van der Waals surface area contributed by atoms with Crippen molar-refractivity contribution in [2.75, 3.05) is 5.32 Å². The largest absolute Gasteiger partial charge is 0.480 e. The van der Waals surface area contributed by atoms with E-state index in [4.69, 9.17) is 5.11 Å². The number of hydrogen-bond acceptors (Lipinski definition) is 5. The molecule has 0 aliphatic heterocycles. The first kappa shape index (κ1) is 14.7. The summed E-state index contributed by atoms with van der Waals surface area (Å²) in [6.45, 7) is 5.01. The van der Waals surface area contributed by atoms with Gasteiger partial charge in [0, 0.05) is 23.0 Å². The smallest absolute Gasteiger partial charge is 0.325 e. The molecule has 2 heterocycles. The van der Waals surface area contributed by atoms with Crippen molar-refractivity contribution in [2.24, 2.45) is 0 Å². The third kappa shape index (κ3) is 3.25. The lowest BCUT2D eigenvalue weighted by Gasteiger charge is -2.10. The van der Waals surface area contributed by atoms with Gasteiger partial charge in [-0.15, -0.1) is 0 Å². The van der Waals surface area contributed by atoms with Crippen LogP contribution in [0.2, 0.25) is 0 Å². The van der Waals surface area contributed by atoms with Gasteiger partial charge in [0.05, 0.1) is 0 Å². The number of carbonyl (C=O) groups is 1. The van der Waals surface area contributed by atoms with Gasteiger partial charge in [0.25, 0.3) is 5.56 Å². The number of aryl methyl sites for hydroxylation is 1. The summed E-state index contributed by atoms with van der Waals surface area (Å²) >= 11 is 0. The van der Waals surface area contributed by atoms with Crippen LogP contribution in [0, 0.1) is 13.8 Å². The molecule has 0 aromatic carbocycles. The van der Waals surface area contributed by atoms with Crippen LogP contribution in [-0.2, 0) is 4.79 Å². The Morgan fingerprint density at radius 2 is 2.10 bits per heavy atom. The van der Waals surface area contributed by atoms with Gasteiger partial charge in [-0.2, -0.15) is 0 Å². The average molecular weight is 288 g/mol. The Bertz CT molecular complexity index is 722. The minimum absolute atomic E-state index is 0.181. The molecule has 0 aliphatic carbocycles. The molecule has 0 aliphatic rings. The van der Waals surface area contributed by atoms with E-state index >= 15 is 0 Å². The highest BCUT2D eigenvalue weighted by atomic mass is 16.4. The van der Waals surface area contributed by atoms with E-state index in [2.05, 4.69) is 20.3 Å². The predicted molar refractivity (Wildman–Crippen MR) is 78.3 cm³/mol. The first-order valence-electron chi connectivity index (χ1n) is 6.41. The van der Waals surface area contributed by atoms with Crippen molar-refractivity contribution < 1.29 is 9.90 Å². The molecule has 2 aromatic rings. The quantitative estimate of drug-likeness (QED) is 0.783. The molecule has 0 fully saturated rings. The topological polar surface area (TPSA) is 108 Å². The molecular weight excluding hydrogens is 272 g/mol. The number of carboxylic acids is 1. The van der Waals surface area contributed by atoms with Crippen LogP contribution < -0.4 is 10.9 Å². The number of H-pyrrole nitrogens is 1. The van der Waals surface area contributed by atoms with Gasteiger partial charge in [-0.3, -0.25) is 9.59 Å². The molecule has 7 heteroatoms. The minimum atomic E-state index is -0.957. The molecule has 110 valence electrons. The first-order valence-corrected chi connectivity index (χ1v) is 6.41. The highest BCUT2D eigenvalue weighted by Gasteiger charge is 2.11. The number of anilines is 1. The van der Waals surface area contributed by atoms with Crippen molar-refractivity contribution in [3.05, 3.63) is 39.9 Å². The van der Waals surface area contributed by atoms with Crippen molar-refractivity contribution in [1.82, 2.24) is 15.0 Å². The molecule has 3 N–H and O–H groups in total. The average Bonchev–Trinajstić information content (AvgIpc) is 2.45. The number of aromatic amines is 1. The van der Waals surface area contributed by atoms with Gasteiger partial charge in [0.1, 0.15) is 17.7 Å². The predicted octanol–water partition coefficient (Wildman–Crippen LogP) is 1.33. The lowest BCUT2D eigenvalue weighted by atomic mass is 10.2. The van der Waals surface area contributed by atoms with Gasteiger partial charge in [-0.1, -0.05) is 0 Å². The molecule has 21 heavy (non-hydrogen) atoms. The van der Waals surface area contributed by atoms with Gasteiger partial charge in [-0.25, -0.2) is 9.97 Å². The summed E-state index contributed by atoms with van der Waals surface area (Å²) in [6, 6.07) is 2.63. The summed E-state index contributed by atoms with van der Waals surface area (Å²) in [5.41, 5.74) is 1.72. The zero-order valence-corrected chi connectivity index (χ0v) is 12.0. The normalized spacial score (nSPS) is 12.0. The van der Waals surface area contributed by atoms with Crippen molar-refractivity contribution in [3.8, 4) is 11.4 Å². The fraction of sp³-hybridized carbons (Fsp3) is 0.286. The van der Waals surface area contributed by atoms with Gasteiger partial charge >= 0.3 is 5.97 Å². The van der Waals surface area contributed by atoms with E-state index in [0.29, 0.717) is 28.5 Å². The fourth-order valence-corrected chi connectivity index (χ4v) is 1.68. The number of aromatic nitrogens is 3. The van der Waals surface area contributed by atoms with E-state index in [1.807, 2.05) is 0 Å². The number of carboxylic acid groups (broad SMARTS) is 1. The Morgan fingerprint density at radius 3 is 2.62 bits per heavy atom. The van der Waals surface area contributed by atoms with Gasteiger partial charge in [0.15, 0.2) is 0 Å². The van der Waals surface area contributed by atoms with Crippen molar-refractivity contribution in [3.63, 3.8) is 0 Å². The molecule has 0 spiro atoms. The summed E-state index contributed by atoms with van der Waals surface area (Å²) in [5.74, 6) is -0.0747. The van der Waals surface area contributed by atoms with Gasteiger partial charge in [0.2, 0.25) is 0 Å². The van der Waals surface area contributed by atoms with Crippen LogP contribution in [0.4, 0.5) is 5.82 Å². The minimum Gasteiger partial charge on any atom is -0.480 e. The van der Waals surface area contributed by atoms with Crippen LogP contribution in [0.25, 0.3) is 11.4 Å². The highest BCUT2D eigenvalue weighted by Crippen LogP contribution is 2.15. The summed E-state index contributed by atoms with van der Waals surface area (Å²) in [4.78, 5) is 33.6. The third-order valence-electron chi connectivity index (χ3n) is 3.17. The molecule has 0 saturated carbocycles. The van der Waals surface area contributed by atoms with E-state index in [0.717, 1.165) is 0 Å². The fourth-order valence-electron chi connectivity index (χ4n) is 1.68. The number of pyridine rings is 1. The number of rotatable bonds is 4. The second kappa shape index (κ2) is 5.74.